The highest BCUT2D eigenvalue weighted by atomic mass is 16.4. The number of benzene rings is 1. The summed E-state index contributed by atoms with van der Waals surface area (Å²) in [6.45, 7) is 2.35. The van der Waals surface area contributed by atoms with Crippen molar-refractivity contribution in [3.63, 3.8) is 0 Å². The lowest BCUT2D eigenvalue weighted by Gasteiger charge is -2.32. The number of likely N-dealkylation sites (tertiary alicyclic amines) is 1. The minimum atomic E-state index is -0.760. The Morgan fingerprint density at radius 3 is 2.75 bits per heavy atom. The van der Waals surface area contributed by atoms with Gasteiger partial charge < -0.3 is 15.3 Å². The predicted molar refractivity (Wildman–Crippen MR) is 77.5 cm³/mol. The fraction of sp³-hybridized carbons (Fsp3) is 0.562. The normalized spacial score (nSPS) is 29.2. The second-order valence-corrected chi connectivity index (χ2v) is 6.07. The standard InChI is InChI=1S/C16H22N2O2/c19-16(20)18-7-6-13-8-15(9-14(13)11-18)17-10-12-4-2-1-3-5-12/h1-5,13-15,17H,6-11H2,(H,19,20)/t13-,14-,15+/m1/s1. The quantitative estimate of drug-likeness (QED) is 0.890. The zero-order valence-electron chi connectivity index (χ0n) is 11.7. The van der Waals surface area contributed by atoms with Gasteiger partial charge in [0.2, 0.25) is 0 Å². The van der Waals surface area contributed by atoms with E-state index < -0.39 is 6.09 Å². The maximum Gasteiger partial charge on any atom is 0.407 e. The summed E-state index contributed by atoms with van der Waals surface area (Å²) in [6, 6.07) is 11.0. The maximum absolute atomic E-state index is 11.0. The van der Waals surface area contributed by atoms with E-state index in [2.05, 4.69) is 29.6 Å². The van der Waals surface area contributed by atoms with Gasteiger partial charge in [0.05, 0.1) is 0 Å². The van der Waals surface area contributed by atoms with E-state index in [1.54, 1.807) is 4.90 Å². The van der Waals surface area contributed by atoms with Gasteiger partial charge in [-0.15, -0.1) is 0 Å². The largest absolute Gasteiger partial charge is 0.465 e. The van der Waals surface area contributed by atoms with Gasteiger partial charge in [0.1, 0.15) is 0 Å². The number of rotatable bonds is 3. The number of hydrogen-bond acceptors (Lipinski definition) is 2. The third-order valence-electron chi connectivity index (χ3n) is 4.77. The molecular weight excluding hydrogens is 252 g/mol. The number of nitrogens with one attached hydrogen (secondary N) is 1. The van der Waals surface area contributed by atoms with E-state index in [1.165, 1.54) is 12.0 Å². The molecule has 1 saturated heterocycles. The van der Waals surface area contributed by atoms with E-state index in [0.29, 0.717) is 24.4 Å². The van der Waals surface area contributed by atoms with Crippen molar-refractivity contribution in [2.24, 2.45) is 11.8 Å². The molecular formula is C16H22N2O2. The van der Waals surface area contributed by atoms with Crippen LogP contribution in [0.4, 0.5) is 4.79 Å². The second kappa shape index (κ2) is 5.83. The van der Waals surface area contributed by atoms with Gasteiger partial charge in [0.15, 0.2) is 0 Å². The van der Waals surface area contributed by atoms with Crippen LogP contribution in [-0.2, 0) is 6.54 Å². The Bertz CT molecular complexity index is 463. The van der Waals surface area contributed by atoms with Crippen LogP contribution >= 0.6 is 0 Å². The summed E-state index contributed by atoms with van der Waals surface area (Å²) in [5.41, 5.74) is 1.31. The Labute approximate surface area is 119 Å². The van der Waals surface area contributed by atoms with E-state index in [-0.39, 0.29) is 0 Å². The molecule has 2 aliphatic rings. The molecule has 4 nitrogen and oxygen atoms in total. The minimum absolute atomic E-state index is 0.541. The van der Waals surface area contributed by atoms with E-state index in [0.717, 1.165) is 25.9 Å². The number of carbonyl (C=O) groups is 1. The third-order valence-corrected chi connectivity index (χ3v) is 4.77. The van der Waals surface area contributed by atoms with E-state index >= 15 is 0 Å². The Morgan fingerprint density at radius 2 is 2.00 bits per heavy atom. The summed E-state index contributed by atoms with van der Waals surface area (Å²) >= 11 is 0. The van der Waals surface area contributed by atoms with Crippen LogP contribution in [0.25, 0.3) is 0 Å². The number of piperidine rings is 1. The molecule has 108 valence electrons. The first-order chi connectivity index (χ1) is 9.72. The molecule has 1 aromatic rings. The lowest BCUT2D eigenvalue weighted by Crippen LogP contribution is -2.41. The van der Waals surface area contributed by atoms with E-state index in [4.69, 9.17) is 5.11 Å². The molecule has 4 heteroatoms. The molecule has 0 spiro atoms. The Balaban J connectivity index is 1.51. The number of fused-ring (bicyclic) bond motifs is 1. The molecule has 2 N–H and O–H groups in total. The van der Waals surface area contributed by atoms with Gasteiger partial charge in [0.25, 0.3) is 0 Å². The van der Waals surface area contributed by atoms with Crippen LogP contribution in [0, 0.1) is 11.8 Å². The van der Waals surface area contributed by atoms with Crippen molar-refractivity contribution >= 4 is 6.09 Å². The first kappa shape index (κ1) is 13.4. The fourth-order valence-electron chi connectivity index (χ4n) is 3.68. The van der Waals surface area contributed by atoms with Crippen LogP contribution in [-0.4, -0.2) is 35.2 Å². The number of hydrogen-bond donors (Lipinski definition) is 2. The minimum Gasteiger partial charge on any atom is -0.465 e. The topological polar surface area (TPSA) is 52.6 Å². The molecule has 0 bridgehead atoms. The molecule has 2 fully saturated rings. The SMILES string of the molecule is O=C(O)N1CC[C@@H]2C[C@H](NCc3ccccc3)C[C@@H]2C1. The zero-order valence-corrected chi connectivity index (χ0v) is 11.7. The maximum atomic E-state index is 11.0. The summed E-state index contributed by atoms with van der Waals surface area (Å²) in [4.78, 5) is 12.6. The summed E-state index contributed by atoms with van der Waals surface area (Å²) in [7, 11) is 0. The molecule has 1 aliphatic carbocycles. The van der Waals surface area contributed by atoms with Gasteiger partial charge >= 0.3 is 6.09 Å². The van der Waals surface area contributed by atoms with Gasteiger partial charge in [-0.1, -0.05) is 30.3 Å². The summed E-state index contributed by atoms with van der Waals surface area (Å²) in [6.07, 6.45) is 2.58. The lowest BCUT2D eigenvalue weighted by atomic mass is 9.89. The van der Waals surface area contributed by atoms with Crippen LogP contribution in [0.3, 0.4) is 0 Å². The van der Waals surface area contributed by atoms with E-state index in [1.807, 2.05) is 6.07 Å². The fourth-order valence-corrected chi connectivity index (χ4v) is 3.68. The highest BCUT2D eigenvalue weighted by molar-refractivity contribution is 5.65. The predicted octanol–water partition coefficient (Wildman–Crippen LogP) is 2.55. The Hall–Kier alpha value is -1.55. The summed E-state index contributed by atoms with van der Waals surface area (Å²) < 4.78 is 0. The number of amides is 1. The van der Waals surface area contributed by atoms with Gasteiger partial charge in [-0.25, -0.2) is 4.79 Å². The molecule has 0 unspecified atom stereocenters. The van der Waals surface area contributed by atoms with Gasteiger partial charge in [-0.2, -0.15) is 0 Å². The molecule has 1 saturated carbocycles. The summed E-state index contributed by atoms with van der Waals surface area (Å²) in [5.74, 6) is 1.26. The summed E-state index contributed by atoms with van der Waals surface area (Å²) in [5, 5.41) is 12.7. The third kappa shape index (κ3) is 2.96. The zero-order chi connectivity index (χ0) is 13.9. The number of carboxylic acid groups (broad SMARTS) is 1. The van der Waals surface area contributed by atoms with E-state index in [9.17, 15) is 4.79 Å². The van der Waals surface area contributed by atoms with Crippen molar-refractivity contribution in [2.75, 3.05) is 13.1 Å². The van der Waals surface area contributed by atoms with Crippen molar-refractivity contribution in [2.45, 2.75) is 31.8 Å². The average Bonchev–Trinajstić information content (AvgIpc) is 2.88. The molecule has 3 rings (SSSR count). The van der Waals surface area contributed by atoms with Crippen molar-refractivity contribution in [1.29, 1.82) is 0 Å². The van der Waals surface area contributed by atoms with Gasteiger partial charge in [-0.05, 0) is 36.7 Å². The number of nitrogens with zero attached hydrogens (tertiary/aromatic N) is 1. The molecule has 1 heterocycles. The molecule has 20 heavy (non-hydrogen) atoms. The van der Waals surface area contributed by atoms with Crippen molar-refractivity contribution < 1.29 is 9.90 Å². The Morgan fingerprint density at radius 1 is 1.25 bits per heavy atom. The molecule has 0 aromatic heterocycles. The molecule has 3 atom stereocenters. The monoisotopic (exact) mass is 274 g/mol. The van der Waals surface area contributed by atoms with Crippen LogP contribution in [0.2, 0.25) is 0 Å². The highest BCUT2D eigenvalue weighted by Gasteiger charge is 2.38. The average molecular weight is 274 g/mol. The van der Waals surface area contributed by atoms with Crippen LogP contribution < -0.4 is 5.32 Å². The highest BCUT2D eigenvalue weighted by Crippen LogP contribution is 2.38. The molecule has 1 aromatic carbocycles. The second-order valence-electron chi connectivity index (χ2n) is 6.07. The van der Waals surface area contributed by atoms with Crippen LogP contribution in [0.1, 0.15) is 24.8 Å². The van der Waals surface area contributed by atoms with Gasteiger partial charge in [-0.3, -0.25) is 0 Å². The van der Waals surface area contributed by atoms with Crippen molar-refractivity contribution in [3.8, 4) is 0 Å². The smallest absolute Gasteiger partial charge is 0.407 e. The Kier molecular flexibility index (Phi) is 3.92. The lowest BCUT2D eigenvalue weighted by molar-refractivity contribution is 0.106. The van der Waals surface area contributed by atoms with Crippen molar-refractivity contribution in [1.82, 2.24) is 10.2 Å². The van der Waals surface area contributed by atoms with Crippen LogP contribution in [0.15, 0.2) is 30.3 Å². The van der Waals surface area contributed by atoms with Crippen LogP contribution in [0.5, 0.6) is 0 Å². The molecule has 0 radical (unpaired) electrons. The molecule has 1 aliphatic heterocycles. The first-order valence-corrected chi connectivity index (χ1v) is 7.47. The first-order valence-electron chi connectivity index (χ1n) is 7.47. The molecule has 1 amide bonds. The van der Waals surface area contributed by atoms with Gasteiger partial charge in [0, 0.05) is 25.7 Å². The van der Waals surface area contributed by atoms with Crippen molar-refractivity contribution in [3.05, 3.63) is 35.9 Å².